The van der Waals surface area contributed by atoms with E-state index in [-0.39, 0.29) is 0 Å². The fourth-order valence-corrected chi connectivity index (χ4v) is 3.47. The molecule has 2 rings (SSSR count). The summed E-state index contributed by atoms with van der Waals surface area (Å²) in [5.74, 6) is 0. The van der Waals surface area contributed by atoms with E-state index in [2.05, 4.69) is 55.6 Å². The first kappa shape index (κ1) is 14.3. The van der Waals surface area contributed by atoms with Crippen molar-refractivity contribution in [1.29, 1.82) is 0 Å². The molecule has 0 amide bonds. The van der Waals surface area contributed by atoms with Gasteiger partial charge >= 0.3 is 0 Å². The Labute approximate surface area is 120 Å². The molecule has 2 aromatic rings. The Bertz CT molecular complexity index is 498. The average molecular weight is 273 g/mol. The summed E-state index contributed by atoms with van der Waals surface area (Å²) in [4.78, 5) is 2.86. The predicted octanol–water partition coefficient (Wildman–Crippen LogP) is 4.57. The minimum absolute atomic E-state index is 0.320. The highest BCUT2D eigenvalue weighted by Gasteiger charge is 2.13. The van der Waals surface area contributed by atoms with Gasteiger partial charge in [0.1, 0.15) is 0 Å². The maximum Gasteiger partial charge on any atom is 0.0668 e. The van der Waals surface area contributed by atoms with Crippen molar-refractivity contribution in [3.63, 3.8) is 0 Å². The molecule has 0 spiro atoms. The van der Waals surface area contributed by atoms with Gasteiger partial charge in [-0.15, -0.1) is 11.3 Å². The molecule has 0 fully saturated rings. The first-order valence-electron chi connectivity index (χ1n) is 7.13. The molecule has 1 atom stereocenters. The minimum Gasteiger partial charge on any atom is -0.309 e. The van der Waals surface area contributed by atoms with Gasteiger partial charge in [0.2, 0.25) is 0 Å². The van der Waals surface area contributed by atoms with Gasteiger partial charge in [0.25, 0.3) is 0 Å². The van der Waals surface area contributed by atoms with Gasteiger partial charge in [-0.05, 0) is 43.1 Å². The zero-order chi connectivity index (χ0) is 13.7. The summed E-state index contributed by atoms with van der Waals surface area (Å²) in [5.41, 5.74) is 2.79. The Balaban J connectivity index is 2.21. The third-order valence-electron chi connectivity index (χ3n) is 3.46. The number of rotatable bonds is 6. The van der Waals surface area contributed by atoms with Crippen molar-refractivity contribution in [3.05, 3.63) is 57.3 Å². The van der Waals surface area contributed by atoms with Gasteiger partial charge in [-0.1, -0.05) is 44.5 Å². The number of benzene rings is 1. The first-order valence-corrected chi connectivity index (χ1v) is 7.94. The standard InChI is InChI=1S/C17H23NS/c1-4-6-13-7-9-14(10-8-13)17(18-3)16-12-11-15(5-2)19-16/h7-12,17-18H,4-6H2,1-3H3. The molecule has 0 aliphatic heterocycles. The predicted molar refractivity (Wildman–Crippen MR) is 85.0 cm³/mol. The van der Waals surface area contributed by atoms with Crippen molar-refractivity contribution in [2.75, 3.05) is 7.05 Å². The van der Waals surface area contributed by atoms with Crippen LogP contribution >= 0.6 is 11.3 Å². The molecule has 2 heteroatoms. The number of nitrogens with one attached hydrogen (secondary N) is 1. The van der Waals surface area contributed by atoms with E-state index in [0.29, 0.717) is 6.04 Å². The molecule has 0 radical (unpaired) electrons. The SMILES string of the molecule is CCCc1ccc(C(NC)c2ccc(CC)s2)cc1. The number of hydrogen-bond acceptors (Lipinski definition) is 2. The lowest BCUT2D eigenvalue weighted by Gasteiger charge is -2.15. The molecule has 19 heavy (non-hydrogen) atoms. The van der Waals surface area contributed by atoms with Gasteiger partial charge in [0.05, 0.1) is 6.04 Å². The van der Waals surface area contributed by atoms with Crippen LogP contribution in [0.5, 0.6) is 0 Å². The number of aryl methyl sites for hydroxylation is 2. The smallest absolute Gasteiger partial charge is 0.0668 e. The summed E-state index contributed by atoms with van der Waals surface area (Å²) >= 11 is 1.91. The van der Waals surface area contributed by atoms with E-state index in [9.17, 15) is 0 Å². The van der Waals surface area contributed by atoms with Crippen LogP contribution in [0, 0.1) is 0 Å². The molecule has 1 N–H and O–H groups in total. The Morgan fingerprint density at radius 1 is 1.05 bits per heavy atom. The lowest BCUT2D eigenvalue weighted by atomic mass is 10.0. The molecule has 0 bridgehead atoms. The van der Waals surface area contributed by atoms with Gasteiger partial charge in [-0.3, -0.25) is 0 Å². The molecule has 0 saturated heterocycles. The second-order valence-corrected chi connectivity index (χ2v) is 6.07. The van der Waals surface area contributed by atoms with Crippen LogP contribution < -0.4 is 5.32 Å². The molecule has 1 heterocycles. The fraction of sp³-hybridized carbons (Fsp3) is 0.412. The lowest BCUT2D eigenvalue weighted by molar-refractivity contribution is 0.703. The quantitative estimate of drug-likeness (QED) is 0.813. The monoisotopic (exact) mass is 273 g/mol. The van der Waals surface area contributed by atoms with E-state index in [1.54, 1.807) is 0 Å². The third kappa shape index (κ3) is 3.46. The molecular formula is C17H23NS. The maximum atomic E-state index is 3.43. The summed E-state index contributed by atoms with van der Waals surface area (Å²) in [6.07, 6.45) is 3.50. The van der Waals surface area contributed by atoms with Crippen molar-refractivity contribution in [2.45, 2.75) is 39.2 Å². The molecular weight excluding hydrogens is 250 g/mol. The summed E-state index contributed by atoms with van der Waals surface area (Å²) in [5, 5.41) is 3.43. The van der Waals surface area contributed by atoms with Crippen molar-refractivity contribution in [1.82, 2.24) is 5.32 Å². The van der Waals surface area contributed by atoms with Gasteiger partial charge in [0, 0.05) is 9.75 Å². The van der Waals surface area contributed by atoms with Crippen LogP contribution in [0.4, 0.5) is 0 Å². The fourth-order valence-electron chi connectivity index (χ4n) is 2.38. The van der Waals surface area contributed by atoms with Gasteiger partial charge in [-0.25, -0.2) is 0 Å². The van der Waals surface area contributed by atoms with E-state index in [1.165, 1.54) is 33.7 Å². The highest BCUT2D eigenvalue weighted by atomic mass is 32.1. The first-order chi connectivity index (χ1) is 9.28. The molecule has 0 aliphatic rings. The van der Waals surface area contributed by atoms with Crippen LogP contribution in [0.15, 0.2) is 36.4 Å². The van der Waals surface area contributed by atoms with Crippen LogP contribution in [0.1, 0.15) is 47.2 Å². The van der Waals surface area contributed by atoms with Crippen molar-refractivity contribution in [2.24, 2.45) is 0 Å². The van der Waals surface area contributed by atoms with Crippen LogP contribution in [-0.2, 0) is 12.8 Å². The normalized spacial score (nSPS) is 12.6. The van der Waals surface area contributed by atoms with Crippen LogP contribution in [0.2, 0.25) is 0 Å². The summed E-state index contributed by atoms with van der Waals surface area (Å²) in [6.45, 7) is 4.44. The Morgan fingerprint density at radius 3 is 2.32 bits per heavy atom. The van der Waals surface area contributed by atoms with Crippen molar-refractivity contribution < 1.29 is 0 Å². The van der Waals surface area contributed by atoms with Crippen molar-refractivity contribution in [3.8, 4) is 0 Å². The molecule has 0 aliphatic carbocycles. The van der Waals surface area contributed by atoms with E-state index in [1.807, 2.05) is 18.4 Å². The van der Waals surface area contributed by atoms with E-state index in [0.717, 1.165) is 6.42 Å². The molecule has 1 nitrogen and oxygen atoms in total. The van der Waals surface area contributed by atoms with Gasteiger partial charge < -0.3 is 5.32 Å². The zero-order valence-corrected chi connectivity index (χ0v) is 12.9. The highest BCUT2D eigenvalue weighted by Crippen LogP contribution is 2.28. The summed E-state index contributed by atoms with van der Waals surface area (Å²) in [6, 6.07) is 13.9. The van der Waals surface area contributed by atoms with Crippen molar-refractivity contribution >= 4 is 11.3 Å². The van der Waals surface area contributed by atoms with Gasteiger partial charge in [-0.2, -0.15) is 0 Å². The maximum absolute atomic E-state index is 3.43. The van der Waals surface area contributed by atoms with E-state index >= 15 is 0 Å². The minimum atomic E-state index is 0.320. The zero-order valence-electron chi connectivity index (χ0n) is 12.1. The van der Waals surface area contributed by atoms with Crippen LogP contribution in [-0.4, -0.2) is 7.05 Å². The Hall–Kier alpha value is -1.12. The van der Waals surface area contributed by atoms with E-state index < -0.39 is 0 Å². The molecule has 0 saturated carbocycles. The van der Waals surface area contributed by atoms with Crippen LogP contribution in [0.3, 0.4) is 0 Å². The summed E-state index contributed by atoms with van der Waals surface area (Å²) < 4.78 is 0. The van der Waals surface area contributed by atoms with Crippen LogP contribution in [0.25, 0.3) is 0 Å². The van der Waals surface area contributed by atoms with Gasteiger partial charge in [0.15, 0.2) is 0 Å². The number of thiophene rings is 1. The molecule has 1 aromatic heterocycles. The largest absolute Gasteiger partial charge is 0.309 e. The second-order valence-electron chi connectivity index (χ2n) is 4.87. The lowest BCUT2D eigenvalue weighted by Crippen LogP contribution is -2.16. The average Bonchev–Trinajstić information content (AvgIpc) is 2.91. The summed E-state index contributed by atoms with van der Waals surface area (Å²) in [7, 11) is 2.04. The number of hydrogen-bond donors (Lipinski definition) is 1. The Morgan fingerprint density at radius 2 is 1.79 bits per heavy atom. The molecule has 1 unspecified atom stereocenters. The molecule has 102 valence electrons. The Kier molecular flexibility index (Phi) is 5.17. The topological polar surface area (TPSA) is 12.0 Å². The highest BCUT2D eigenvalue weighted by molar-refractivity contribution is 7.12. The van der Waals surface area contributed by atoms with E-state index in [4.69, 9.17) is 0 Å². The third-order valence-corrected chi connectivity index (χ3v) is 4.75. The second kappa shape index (κ2) is 6.88. The molecule has 1 aromatic carbocycles.